The normalized spacial score (nSPS) is 34.7. The highest BCUT2D eigenvalue weighted by atomic mass is 16.6. The van der Waals surface area contributed by atoms with Gasteiger partial charge in [-0.15, -0.1) is 0 Å². The number of hydrogen-bond acceptors (Lipinski definition) is 3. The highest BCUT2D eigenvalue weighted by Crippen LogP contribution is 2.53. The number of esters is 1. The molecule has 3 heteroatoms. The molecule has 2 bridgehead atoms. The SMILES string of the molecule is CCCCCC#CC1=C[C@@H]2C[C@@]3(OC(=O)C=C13)[C@H]1CCCCN21. The molecule has 0 amide bonds. The summed E-state index contributed by atoms with van der Waals surface area (Å²) in [6, 6.07) is 0.748. The minimum absolute atomic E-state index is 0.174. The van der Waals surface area contributed by atoms with Crippen molar-refractivity contribution in [1.29, 1.82) is 0 Å². The van der Waals surface area contributed by atoms with Gasteiger partial charge in [0.1, 0.15) is 0 Å². The van der Waals surface area contributed by atoms with Crippen LogP contribution in [0.1, 0.15) is 58.3 Å². The van der Waals surface area contributed by atoms with E-state index >= 15 is 0 Å². The van der Waals surface area contributed by atoms with E-state index < -0.39 is 5.60 Å². The molecule has 23 heavy (non-hydrogen) atoms. The van der Waals surface area contributed by atoms with Crippen LogP contribution in [-0.4, -0.2) is 35.1 Å². The van der Waals surface area contributed by atoms with Gasteiger partial charge in [-0.05, 0) is 25.8 Å². The van der Waals surface area contributed by atoms with Gasteiger partial charge in [-0.2, -0.15) is 0 Å². The van der Waals surface area contributed by atoms with Gasteiger partial charge in [0, 0.05) is 36.1 Å². The van der Waals surface area contributed by atoms with Crippen molar-refractivity contribution in [2.75, 3.05) is 6.54 Å². The quantitative estimate of drug-likeness (QED) is 0.455. The van der Waals surface area contributed by atoms with E-state index in [1.165, 1.54) is 25.7 Å². The molecule has 0 aromatic carbocycles. The Morgan fingerprint density at radius 1 is 1.39 bits per heavy atom. The molecular weight excluding hydrogens is 286 g/mol. The van der Waals surface area contributed by atoms with Gasteiger partial charge in [0.05, 0.1) is 6.04 Å². The van der Waals surface area contributed by atoms with Crippen molar-refractivity contribution in [3.05, 3.63) is 23.3 Å². The van der Waals surface area contributed by atoms with E-state index in [1.54, 1.807) is 6.08 Å². The lowest BCUT2D eigenvalue weighted by Crippen LogP contribution is -2.48. The van der Waals surface area contributed by atoms with Gasteiger partial charge in [-0.25, -0.2) is 4.79 Å². The molecule has 0 unspecified atom stereocenters. The van der Waals surface area contributed by atoms with Crippen LogP contribution >= 0.6 is 0 Å². The summed E-state index contributed by atoms with van der Waals surface area (Å²) in [6.45, 7) is 3.33. The first-order chi connectivity index (χ1) is 11.2. The van der Waals surface area contributed by atoms with Crippen LogP contribution in [0.4, 0.5) is 0 Å². The zero-order chi connectivity index (χ0) is 15.9. The highest BCUT2D eigenvalue weighted by Gasteiger charge is 2.61. The monoisotopic (exact) mass is 311 g/mol. The van der Waals surface area contributed by atoms with E-state index in [2.05, 4.69) is 29.7 Å². The van der Waals surface area contributed by atoms with Crippen molar-refractivity contribution >= 4 is 5.97 Å². The molecular formula is C20H25NO2. The number of carbonyl (C=O) groups is 1. The molecule has 4 rings (SSSR count). The molecule has 0 N–H and O–H groups in total. The summed E-state index contributed by atoms with van der Waals surface area (Å²) < 4.78 is 5.91. The van der Waals surface area contributed by atoms with Crippen LogP contribution in [0.2, 0.25) is 0 Å². The van der Waals surface area contributed by atoms with E-state index in [0.717, 1.165) is 43.4 Å². The predicted octanol–water partition coefficient (Wildman–Crippen LogP) is 3.36. The smallest absolute Gasteiger partial charge is 0.332 e. The van der Waals surface area contributed by atoms with Crippen LogP contribution in [0.15, 0.2) is 23.3 Å². The number of hydrogen-bond donors (Lipinski definition) is 0. The first-order valence-electron chi connectivity index (χ1n) is 9.16. The lowest BCUT2D eigenvalue weighted by molar-refractivity contribution is -0.148. The molecule has 3 atom stereocenters. The number of nitrogens with zero attached hydrogens (tertiary/aromatic N) is 1. The van der Waals surface area contributed by atoms with Gasteiger partial charge in [-0.3, -0.25) is 4.90 Å². The summed E-state index contributed by atoms with van der Waals surface area (Å²) in [4.78, 5) is 14.6. The molecule has 2 saturated heterocycles. The molecule has 3 heterocycles. The van der Waals surface area contributed by atoms with Gasteiger partial charge < -0.3 is 4.74 Å². The van der Waals surface area contributed by atoms with Crippen molar-refractivity contribution < 1.29 is 9.53 Å². The van der Waals surface area contributed by atoms with Crippen molar-refractivity contribution in [3.63, 3.8) is 0 Å². The van der Waals surface area contributed by atoms with Gasteiger partial charge in [0.2, 0.25) is 0 Å². The molecule has 0 aromatic heterocycles. The number of ether oxygens (including phenoxy) is 1. The van der Waals surface area contributed by atoms with Crippen LogP contribution in [-0.2, 0) is 9.53 Å². The van der Waals surface area contributed by atoms with Crippen LogP contribution in [0, 0.1) is 11.8 Å². The number of piperidine rings is 1. The fourth-order valence-electron chi connectivity index (χ4n) is 4.79. The maximum Gasteiger partial charge on any atom is 0.332 e. The van der Waals surface area contributed by atoms with Gasteiger partial charge in [-0.1, -0.05) is 44.1 Å². The molecule has 0 aromatic rings. The third kappa shape index (κ3) is 2.35. The van der Waals surface area contributed by atoms with Crippen LogP contribution < -0.4 is 0 Å². The number of unbranched alkanes of at least 4 members (excludes halogenated alkanes) is 3. The molecule has 2 fully saturated rings. The zero-order valence-corrected chi connectivity index (χ0v) is 13.9. The Balaban J connectivity index is 1.63. The summed E-state index contributed by atoms with van der Waals surface area (Å²) in [7, 11) is 0. The topological polar surface area (TPSA) is 29.5 Å². The van der Waals surface area contributed by atoms with Gasteiger partial charge >= 0.3 is 5.97 Å². The largest absolute Gasteiger partial charge is 0.449 e. The second kappa shape index (κ2) is 5.83. The number of carbonyl (C=O) groups excluding carboxylic acids is 1. The molecule has 122 valence electrons. The molecule has 4 aliphatic rings. The second-order valence-corrected chi connectivity index (χ2v) is 7.23. The summed E-state index contributed by atoms with van der Waals surface area (Å²) in [5.41, 5.74) is 1.72. The number of fused-ring (bicyclic) bond motifs is 3. The minimum atomic E-state index is -0.398. The lowest BCUT2D eigenvalue weighted by Gasteiger charge is -2.38. The summed E-state index contributed by atoms with van der Waals surface area (Å²) in [5, 5.41) is 0. The Morgan fingerprint density at radius 3 is 3.17 bits per heavy atom. The molecule has 1 aliphatic carbocycles. The lowest BCUT2D eigenvalue weighted by atomic mass is 9.77. The van der Waals surface area contributed by atoms with E-state index in [4.69, 9.17) is 4.74 Å². The Bertz CT molecular complexity index is 636. The van der Waals surface area contributed by atoms with Crippen molar-refractivity contribution in [2.45, 2.75) is 76.0 Å². The van der Waals surface area contributed by atoms with Crippen molar-refractivity contribution in [3.8, 4) is 11.8 Å². The van der Waals surface area contributed by atoms with Crippen LogP contribution in [0.5, 0.6) is 0 Å². The van der Waals surface area contributed by atoms with Crippen LogP contribution in [0.3, 0.4) is 0 Å². The molecule has 1 spiro atoms. The molecule has 3 aliphatic heterocycles. The van der Waals surface area contributed by atoms with Crippen molar-refractivity contribution in [2.24, 2.45) is 0 Å². The van der Waals surface area contributed by atoms with E-state index in [1.807, 2.05) is 0 Å². The standard InChI is InChI=1S/C20H25NO2/c1-2-3-4-5-6-9-15-12-16-14-20(17(15)13-19(22)23-20)18-10-7-8-11-21(16)18/h12-13,16,18H,2-5,7-8,10-11,14H2,1H3/t16-,18-,20+/m1/s1. The Hall–Kier alpha value is -1.53. The Kier molecular flexibility index (Phi) is 3.81. The second-order valence-electron chi connectivity index (χ2n) is 7.23. The maximum absolute atomic E-state index is 12.0. The summed E-state index contributed by atoms with van der Waals surface area (Å²) in [5.74, 6) is 6.51. The highest BCUT2D eigenvalue weighted by molar-refractivity contribution is 5.90. The van der Waals surface area contributed by atoms with Crippen molar-refractivity contribution in [1.82, 2.24) is 4.90 Å². The zero-order valence-electron chi connectivity index (χ0n) is 13.9. The molecule has 0 saturated carbocycles. The fraction of sp³-hybridized carbons (Fsp3) is 0.650. The molecule has 0 radical (unpaired) electrons. The predicted molar refractivity (Wildman–Crippen MR) is 89.7 cm³/mol. The molecule has 3 nitrogen and oxygen atoms in total. The van der Waals surface area contributed by atoms with E-state index in [-0.39, 0.29) is 5.97 Å². The Labute approximate surface area is 138 Å². The Morgan fingerprint density at radius 2 is 2.30 bits per heavy atom. The van der Waals surface area contributed by atoms with E-state index in [0.29, 0.717) is 12.1 Å². The minimum Gasteiger partial charge on any atom is -0.449 e. The first kappa shape index (κ1) is 15.0. The first-order valence-corrected chi connectivity index (χ1v) is 9.16. The third-order valence-corrected chi connectivity index (χ3v) is 5.80. The average Bonchev–Trinajstić information content (AvgIpc) is 3.03. The van der Waals surface area contributed by atoms with Crippen LogP contribution in [0.25, 0.3) is 0 Å². The van der Waals surface area contributed by atoms with E-state index in [9.17, 15) is 4.79 Å². The maximum atomic E-state index is 12.0. The summed E-state index contributed by atoms with van der Waals surface area (Å²) in [6.07, 6.45) is 13.1. The summed E-state index contributed by atoms with van der Waals surface area (Å²) >= 11 is 0. The fourth-order valence-corrected chi connectivity index (χ4v) is 4.79. The number of rotatable bonds is 3. The van der Waals surface area contributed by atoms with Gasteiger partial charge in [0.15, 0.2) is 5.60 Å². The van der Waals surface area contributed by atoms with Gasteiger partial charge in [0.25, 0.3) is 0 Å². The average molecular weight is 311 g/mol. The third-order valence-electron chi connectivity index (χ3n) is 5.80.